The first kappa shape index (κ1) is 13.9. The normalized spacial score (nSPS) is 25.5. The van der Waals surface area contributed by atoms with E-state index in [1.807, 2.05) is 30.3 Å². The monoisotopic (exact) mass is 288 g/mol. The first-order valence-corrected chi connectivity index (χ1v) is 7.25. The van der Waals surface area contributed by atoms with Gasteiger partial charge in [0.25, 0.3) is 0 Å². The van der Waals surface area contributed by atoms with E-state index in [9.17, 15) is 9.59 Å². The van der Waals surface area contributed by atoms with Gasteiger partial charge in [0.2, 0.25) is 5.91 Å². The molecule has 6 heteroatoms. The van der Waals surface area contributed by atoms with E-state index in [4.69, 9.17) is 0 Å². The van der Waals surface area contributed by atoms with Crippen LogP contribution in [0.5, 0.6) is 0 Å². The molecule has 6 nitrogen and oxygen atoms in total. The van der Waals surface area contributed by atoms with Crippen molar-refractivity contribution in [2.45, 2.75) is 6.42 Å². The molecule has 2 aliphatic heterocycles. The van der Waals surface area contributed by atoms with Crippen molar-refractivity contribution in [1.82, 2.24) is 15.5 Å². The van der Waals surface area contributed by atoms with Crippen molar-refractivity contribution in [3.63, 3.8) is 0 Å². The molecule has 2 saturated heterocycles. The summed E-state index contributed by atoms with van der Waals surface area (Å²) >= 11 is 0. The first-order chi connectivity index (χ1) is 10.2. The van der Waals surface area contributed by atoms with Crippen LogP contribution in [0.4, 0.5) is 10.5 Å². The smallest absolute Gasteiger partial charge is 0.321 e. The van der Waals surface area contributed by atoms with Crippen molar-refractivity contribution in [3.8, 4) is 0 Å². The molecule has 0 bridgehead atoms. The van der Waals surface area contributed by atoms with E-state index in [-0.39, 0.29) is 17.4 Å². The lowest BCUT2D eigenvalue weighted by Crippen LogP contribution is -2.45. The second-order valence-electron chi connectivity index (χ2n) is 5.85. The Kier molecular flexibility index (Phi) is 3.79. The Morgan fingerprint density at radius 2 is 2.05 bits per heavy atom. The molecule has 1 aromatic rings. The Bertz CT molecular complexity index is 534. The quantitative estimate of drug-likeness (QED) is 0.709. The van der Waals surface area contributed by atoms with Crippen LogP contribution in [-0.4, -0.2) is 49.6 Å². The van der Waals surface area contributed by atoms with E-state index in [0.29, 0.717) is 26.1 Å². The second-order valence-corrected chi connectivity index (χ2v) is 5.85. The molecule has 0 unspecified atom stereocenters. The Morgan fingerprint density at radius 3 is 2.76 bits per heavy atom. The summed E-state index contributed by atoms with van der Waals surface area (Å²) in [5, 5.41) is 9.13. The number of nitrogens with zero attached hydrogens (tertiary/aromatic N) is 1. The fraction of sp³-hybridized carbons (Fsp3) is 0.467. The molecule has 2 aliphatic rings. The van der Waals surface area contributed by atoms with Crippen LogP contribution in [0.15, 0.2) is 30.3 Å². The van der Waals surface area contributed by atoms with Crippen LogP contribution in [0, 0.1) is 5.41 Å². The van der Waals surface area contributed by atoms with Crippen molar-refractivity contribution in [2.75, 3.05) is 38.0 Å². The third-order valence-electron chi connectivity index (χ3n) is 4.09. The number of anilines is 1. The molecule has 2 fully saturated rings. The van der Waals surface area contributed by atoms with Gasteiger partial charge >= 0.3 is 6.03 Å². The maximum Gasteiger partial charge on any atom is 0.321 e. The van der Waals surface area contributed by atoms with Gasteiger partial charge in [-0.2, -0.15) is 0 Å². The van der Waals surface area contributed by atoms with Crippen molar-refractivity contribution in [3.05, 3.63) is 30.3 Å². The molecule has 0 aromatic heterocycles. The summed E-state index contributed by atoms with van der Waals surface area (Å²) in [7, 11) is 0. The van der Waals surface area contributed by atoms with Crippen LogP contribution in [0.2, 0.25) is 0 Å². The number of benzene rings is 1. The molecule has 0 aliphatic carbocycles. The standard InChI is InChI=1S/C15H20N4O2/c20-13-8-15(10-17-13)9-16-6-7-19(11-15)14(21)18-12-4-2-1-3-5-12/h1-5,16H,6-11H2,(H,17,20)(H,18,21)/t15-/m0/s1. The third kappa shape index (κ3) is 3.16. The molecule has 1 spiro atoms. The third-order valence-corrected chi connectivity index (χ3v) is 4.09. The maximum absolute atomic E-state index is 12.4. The molecule has 3 N–H and O–H groups in total. The van der Waals surface area contributed by atoms with Crippen LogP contribution in [0.3, 0.4) is 0 Å². The molecule has 21 heavy (non-hydrogen) atoms. The Labute approximate surface area is 123 Å². The SMILES string of the molecule is O=C1C[C@]2(CNCCN(C(=O)Nc3ccccc3)C2)CN1. The van der Waals surface area contributed by atoms with Gasteiger partial charge in [0, 0.05) is 50.2 Å². The van der Waals surface area contributed by atoms with E-state index in [0.717, 1.165) is 18.8 Å². The van der Waals surface area contributed by atoms with Gasteiger partial charge in [-0.1, -0.05) is 18.2 Å². The molecular formula is C15H20N4O2. The van der Waals surface area contributed by atoms with Crippen molar-refractivity contribution in [2.24, 2.45) is 5.41 Å². The lowest BCUT2D eigenvalue weighted by atomic mass is 9.86. The molecule has 1 aromatic carbocycles. The number of urea groups is 1. The van der Waals surface area contributed by atoms with Crippen LogP contribution < -0.4 is 16.0 Å². The molecule has 2 heterocycles. The highest BCUT2D eigenvalue weighted by atomic mass is 16.2. The summed E-state index contributed by atoms with van der Waals surface area (Å²) in [4.78, 5) is 25.8. The highest BCUT2D eigenvalue weighted by Gasteiger charge is 2.41. The Hall–Kier alpha value is -2.08. The van der Waals surface area contributed by atoms with Gasteiger partial charge in [0.05, 0.1) is 0 Å². The lowest BCUT2D eigenvalue weighted by Gasteiger charge is -2.30. The summed E-state index contributed by atoms with van der Waals surface area (Å²) in [5.74, 6) is 0.0714. The lowest BCUT2D eigenvalue weighted by molar-refractivity contribution is -0.119. The number of hydrogen-bond acceptors (Lipinski definition) is 3. The first-order valence-electron chi connectivity index (χ1n) is 7.25. The molecule has 0 radical (unpaired) electrons. The summed E-state index contributed by atoms with van der Waals surface area (Å²) in [6.45, 7) is 3.39. The maximum atomic E-state index is 12.4. The fourth-order valence-corrected chi connectivity index (χ4v) is 2.99. The van der Waals surface area contributed by atoms with Crippen molar-refractivity contribution < 1.29 is 9.59 Å². The minimum absolute atomic E-state index is 0.0714. The summed E-state index contributed by atoms with van der Waals surface area (Å²) in [5.41, 5.74) is 0.608. The predicted octanol–water partition coefficient (Wildman–Crippen LogP) is 0.630. The molecule has 112 valence electrons. The average Bonchev–Trinajstić information content (AvgIpc) is 2.71. The van der Waals surface area contributed by atoms with Gasteiger partial charge in [-0.05, 0) is 12.1 Å². The van der Waals surface area contributed by atoms with E-state index in [1.54, 1.807) is 4.90 Å². The molecular weight excluding hydrogens is 268 g/mol. The number of carbonyl (C=O) groups is 2. The van der Waals surface area contributed by atoms with Crippen LogP contribution in [0.25, 0.3) is 0 Å². The fourth-order valence-electron chi connectivity index (χ4n) is 2.99. The number of carbonyl (C=O) groups excluding carboxylic acids is 2. The highest BCUT2D eigenvalue weighted by Crippen LogP contribution is 2.28. The van der Waals surface area contributed by atoms with Crippen LogP contribution in [-0.2, 0) is 4.79 Å². The average molecular weight is 288 g/mol. The highest BCUT2D eigenvalue weighted by molar-refractivity contribution is 5.89. The number of hydrogen-bond donors (Lipinski definition) is 3. The zero-order valence-corrected chi connectivity index (χ0v) is 11.9. The predicted molar refractivity (Wildman–Crippen MR) is 80.0 cm³/mol. The van der Waals surface area contributed by atoms with Gasteiger partial charge in [-0.25, -0.2) is 4.79 Å². The van der Waals surface area contributed by atoms with Crippen LogP contribution >= 0.6 is 0 Å². The second kappa shape index (κ2) is 5.73. The summed E-state index contributed by atoms with van der Waals surface area (Å²) in [6.07, 6.45) is 0.481. The van der Waals surface area contributed by atoms with Crippen LogP contribution in [0.1, 0.15) is 6.42 Å². The van der Waals surface area contributed by atoms with E-state index < -0.39 is 0 Å². The van der Waals surface area contributed by atoms with Crippen molar-refractivity contribution in [1.29, 1.82) is 0 Å². The van der Waals surface area contributed by atoms with Crippen molar-refractivity contribution >= 4 is 17.6 Å². The molecule has 3 rings (SSSR count). The van der Waals surface area contributed by atoms with Gasteiger partial charge < -0.3 is 20.9 Å². The topological polar surface area (TPSA) is 73.5 Å². The van der Waals surface area contributed by atoms with E-state index >= 15 is 0 Å². The summed E-state index contributed by atoms with van der Waals surface area (Å²) in [6, 6.07) is 9.32. The number of rotatable bonds is 1. The van der Waals surface area contributed by atoms with E-state index in [2.05, 4.69) is 16.0 Å². The largest absolute Gasteiger partial charge is 0.355 e. The number of amides is 3. The minimum atomic E-state index is -0.179. The molecule has 1 atom stereocenters. The zero-order valence-electron chi connectivity index (χ0n) is 11.9. The minimum Gasteiger partial charge on any atom is -0.355 e. The van der Waals surface area contributed by atoms with Gasteiger partial charge in [0.1, 0.15) is 0 Å². The number of nitrogens with one attached hydrogen (secondary N) is 3. The van der Waals surface area contributed by atoms with Gasteiger partial charge in [-0.15, -0.1) is 0 Å². The Morgan fingerprint density at radius 1 is 1.24 bits per heavy atom. The summed E-state index contributed by atoms with van der Waals surface area (Å²) < 4.78 is 0. The Balaban J connectivity index is 1.69. The van der Waals surface area contributed by atoms with E-state index in [1.165, 1.54) is 0 Å². The number of para-hydroxylation sites is 1. The van der Waals surface area contributed by atoms with Gasteiger partial charge in [-0.3, -0.25) is 4.79 Å². The zero-order chi connectivity index (χ0) is 14.7. The molecule has 3 amide bonds. The van der Waals surface area contributed by atoms with Gasteiger partial charge in [0.15, 0.2) is 0 Å². The molecule has 0 saturated carbocycles.